The molecule has 1 atom stereocenters. The number of amides is 1. The predicted molar refractivity (Wildman–Crippen MR) is 105 cm³/mol. The molecule has 0 unspecified atom stereocenters. The Morgan fingerprint density at radius 3 is 2.45 bits per heavy atom. The molecule has 0 radical (unpaired) electrons. The number of hydrogen-bond donors (Lipinski definition) is 1. The molecule has 1 amide bonds. The number of sulfone groups is 1. The van der Waals surface area contributed by atoms with E-state index >= 15 is 0 Å². The number of benzene rings is 2. The van der Waals surface area contributed by atoms with Gasteiger partial charge in [-0.2, -0.15) is 0 Å². The first-order chi connectivity index (χ1) is 14.1. The molecule has 0 saturated heterocycles. The monoisotopic (exact) mass is 413 g/mol. The van der Waals surface area contributed by atoms with Crippen LogP contribution in [-0.4, -0.2) is 34.1 Å². The van der Waals surface area contributed by atoms with Crippen molar-refractivity contribution in [2.45, 2.75) is 10.1 Å². The van der Waals surface area contributed by atoms with Crippen molar-refractivity contribution in [1.29, 1.82) is 0 Å². The number of carbonyl (C=O) groups is 1. The highest BCUT2D eigenvalue weighted by atomic mass is 32.2. The van der Waals surface area contributed by atoms with Crippen molar-refractivity contribution in [1.82, 2.24) is 5.32 Å². The van der Waals surface area contributed by atoms with Gasteiger partial charge in [-0.1, -0.05) is 18.2 Å². The van der Waals surface area contributed by atoms with Crippen LogP contribution in [0.1, 0.15) is 21.4 Å². The average Bonchev–Trinajstić information content (AvgIpc) is 3.28. The van der Waals surface area contributed by atoms with Crippen molar-refractivity contribution in [2.24, 2.45) is 0 Å². The van der Waals surface area contributed by atoms with E-state index in [-0.39, 0.29) is 23.1 Å². The minimum absolute atomic E-state index is 0.0668. The SMILES string of the molecule is O=C(NC[C@H](c1ccco1)S(=O)(=O)c1ccc2c(c1)OCCO2)c1ccccc1. The van der Waals surface area contributed by atoms with Crippen molar-refractivity contribution in [3.05, 3.63) is 78.3 Å². The molecule has 1 N–H and O–H groups in total. The Labute approximate surface area is 168 Å². The molecule has 8 heteroatoms. The molecule has 2 aromatic carbocycles. The number of fused-ring (bicyclic) bond motifs is 1. The van der Waals surface area contributed by atoms with Crippen LogP contribution in [0.3, 0.4) is 0 Å². The quantitative estimate of drug-likeness (QED) is 0.668. The van der Waals surface area contributed by atoms with E-state index in [2.05, 4.69) is 5.32 Å². The van der Waals surface area contributed by atoms with Gasteiger partial charge < -0.3 is 19.2 Å². The smallest absolute Gasteiger partial charge is 0.251 e. The van der Waals surface area contributed by atoms with Gasteiger partial charge in [0.2, 0.25) is 0 Å². The predicted octanol–water partition coefficient (Wildman–Crippen LogP) is 3.00. The Kier molecular flexibility index (Phi) is 5.26. The Hall–Kier alpha value is -3.26. The van der Waals surface area contributed by atoms with E-state index in [0.717, 1.165) is 0 Å². The molecule has 0 aliphatic carbocycles. The van der Waals surface area contributed by atoms with Crippen LogP contribution in [-0.2, 0) is 9.84 Å². The van der Waals surface area contributed by atoms with Crippen molar-refractivity contribution in [2.75, 3.05) is 19.8 Å². The fourth-order valence-electron chi connectivity index (χ4n) is 3.08. The third kappa shape index (κ3) is 3.97. The summed E-state index contributed by atoms with van der Waals surface area (Å²) in [4.78, 5) is 12.5. The molecule has 1 aliphatic rings. The van der Waals surface area contributed by atoms with Crippen LogP contribution in [0.2, 0.25) is 0 Å². The minimum atomic E-state index is -3.88. The maximum absolute atomic E-state index is 13.4. The van der Waals surface area contributed by atoms with Gasteiger partial charge in [0.1, 0.15) is 24.2 Å². The highest BCUT2D eigenvalue weighted by Gasteiger charge is 2.33. The first-order valence-electron chi connectivity index (χ1n) is 9.06. The normalized spacial score (nSPS) is 14.2. The topological polar surface area (TPSA) is 94.8 Å². The van der Waals surface area contributed by atoms with Crippen molar-refractivity contribution in [3.63, 3.8) is 0 Å². The first kappa shape index (κ1) is 19.1. The number of carbonyl (C=O) groups excluding carboxylic acids is 1. The minimum Gasteiger partial charge on any atom is -0.486 e. The van der Waals surface area contributed by atoms with Crippen molar-refractivity contribution < 1.29 is 27.1 Å². The molecule has 1 aliphatic heterocycles. The van der Waals surface area contributed by atoms with Gasteiger partial charge in [0, 0.05) is 18.2 Å². The third-order valence-corrected chi connectivity index (χ3v) is 6.62. The van der Waals surface area contributed by atoms with Crippen LogP contribution in [0.15, 0.2) is 76.2 Å². The summed E-state index contributed by atoms with van der Waals surface area (Å²) in [5.41, 5.74) is 0.447. The maximum Gasteiger partial charge on any atom is 0.251 e. The highest BCUT2D eigenvalue weighted by molar-refractivity contribution is 7.91. The first-order valence-corrected chi connectivity index (χ1v) is 10.6. The van der Waals surface area contributed by atoms with Gasteiger partial charge in [-0.3, -0.25) is 4.79 Å². The lowest BCUT2D eigenvalue weighted by Crippen LogP contribution is -2.31. The number of ether oxygens (including phenoxy) is 2. The second-order valence-electron chi connectivity index (χ2n) is 6.43. The summed E-state index contributed by atoms with van der Waals surface area (Å²) in [6.07, 6.45) is 1.40. The molecule has 150 valence electrons. The van der Waals surface area contributed by atoms with Crippen LogP contribution in [0.25, 0.3) is 0 Å². The van der Waals surface area contributed by atoms with Gasteiger partial charge in [-0.05, 0) is 36.4 Å². The standard InChI is InChI=1S/C21H19NO6S/c23-21(15-5-2-1-3-6-15)22-14-20(18-7-4-10-26-18)29(24,25)16-8-9-17-19(13-16)28-12-11-27-17/h1-10,13,20H,11-12,14H2,(H,22,23)/t20-/m1/s1. The van der Waals surface area contributed by atoms with E-state index in [1.54, 1.807) is 48.5 Å². The molecule has 29 heavy (non-hydrogen) atoms. The van der Waals surface area contributed by atoms with Crippen molar-refractivity contribution in [3.8, 4) is 11.5 Å². The maximum atomic E-state index is 13.4. The Morgan fingerprint density at radius 2 is 1.72 bits per heavy atom. The van der Waals surface area contributed by atoms with Crippen LogP contribution in [0.5, 0.6) is 11.5 Å². The van der Waals surface area contributed by atoms with Crippen LogP contribution in [0, 0.1) is 0 Å². The van der Waals surface area contributed by atoms with Crippen molar-refractivity contribution >= 4 is 15.7 Å². The van der Waals surface area contributed by atoms with Gasteiger partial charge in [-0.25, -0.2) is 8.42 Å². The molecule has 0 spiro atoms. The Balaban J connectivity index is 1.62. The highest BCUT2D eigenvalue weighted by Crippen LogP contribution is 2.36. The Bertz CT molecular complexity index is 1090. The Morgan fingerprint density at radius 1 is 0.966 bits per heavy atom. The molecular formula is C21H19NO6S. The second-order valence-corrected chi connectivity index (χ2v) is 8.56. The summed E-state index contributed by atoms with van der Waals surface area (Å²) >= 11 is 0. The van der Waals surface area contributed by atoms with E-state index in [1.807, 2.05) is 0 Å². The second kappa shape index (κ2) is 8.00. The van der Waals surface area contributed by atoms with Gasteiger partial charge in [0.05, 0.1) is 11.2 Å². The molecule has 2 heterocycles. The van der Waals surface area contributed by atoms with E-state index in [4.69, 9.17) is 13.9 Å². The van der Waals surface area contributed by atoms with Crippen LogP contribution >= 0.6 is 0 Å². The largest absolute Gasteiger partial charge is 0.486 e. The molecule has 0 bridgehead atoms. The van der Waals surface area contributed by atoms with Crippen LogP contribution < -0.4 is 14.8 Å². The molecule has 0 saturated carbocycles. The summed E-state index contributed by atoms with van der Waals surface area (Å²) in [6.45, 7) is 0.628. The number of rotatable bonds is 6. The zero-order valence-corrected chi connectivity index (χ0v) is 16.2. The fourth-order valence-corrected chi connectivity index (χ4v) is 4.68. The molecule has 0 fully saturated rings. The summed E-state index contributed by atoms with van der Waals surface area (Å²) in [5.74, 6) is 0.763. The molecular weight excluding hydrogens is 394 g/mol. The molecule has 3 aromatic rings. The molecule has 4 rings (SSSR count). The lowest BCUT2D eigenvalue weighted by Gasteiger charge is -2.21. The number of furan rings is 1. The summed E-state index contributed by atoms with van der Waals surface area (Å²) in [7, 11) is -3.88. The average molecular weight is 413 g/mol. The zero-order valence-electron chi connectivity index (χ0n) is 15.4. The lowest BCUT2D eigenvalue weighted by molar-refractivity contribution is 0.0953. The van der Waals surface area contributed by atoms with E-state index < -0.39 is 15.1 Å². The summed E-state index contributed by atoms with van der Waals surface area (Å²) in [5, 5.41) is 1.60. The zero-order chi connectivity index (χ0) is 20.3. The van der Waals surface area contributed by atoms with Gasteiger partial charge in [-0.15, -0.1) is 0 Å². The van der Waals surface area contributed by atoms with Gasteiger partial charge in [0.25, 0.3) is 5.91 Å². The fraction of sp³-hybridized carbons (Fsp3) is 0.190. The lowest BCUT2D eigenvalue weighted by atomic mass is 10.2. The van der Waals surface area contributed by atoms with E-state index in [9.17, 15) is 13.2 Å². The van der Waals surface area contributed by atoms with Gasteiger partial charge in [0.15, 0.2) is 21.3 Å². The molecule has 7 nitrogen and oxygen atoms in total. The van der Waals surface area contributed by atoms with E-state index in [0.29, 0.717) is 30.3 Å². The van der Waals surface area contributed by atoms with Gasteiger partial charge >= 0.3 is 0 Å². The number of nitrogens with one attached hydrogen (secondary N) is 1. The van der Waals surface area contributed by atoms with E-state index in [1.165, 1.54) is 18.4 Å². The summed E-state index contributed by atoms with van der Waals surface area (Å²) < 4.78 is 43.0. The number of hydrogen-bond acceptors (Lipinski definition) is 6. The molecule has 1 aromatic heterocycles. The van der Waals surface area contributed by atoms with Crippen LogP contribution in [0.4, 0.5) is 0 Å². The third-order valence-electron chi connectivity index (χ3n) is 4.56. The summed E-state index contributed by atoms with van der Waals surface area (Å²) in [6, 6.07) is 16.3.